The molecular weight excluding hydrogens is 338 g/mol. The first-order valence-corrected chi connectivity index (χ1v) is 10.2. The second kappa shape index (κ2) is 8.55. The van der Waals surface area contributed by atoms with Crippen molar-refractivity contribution in [3.8, 4) is 0 Å². The number of rotatable bonds is 7. The van der Waals surface area contributed by atoms with Crippen molar-refractivity contribution in [2.75, 3.05) is 32.8 Å². The molecule has 0 spiro atoms. The van der Waals surface area contributed by atoms with Gasteiger partial charge in [-0.1, -0.05) is 35.5 Å². The number of nitrogens with zero attached hydrogens (tertiary/aromatic N) is 3. The highest BCUT2D eigenvalue weighted by molar-refractivity contribution is 5.20. The van der Waals surface area contributed by atoms with Gasteiger partial charge in [0.1, 0.15) is 5.76 Å². The Labute approximate surface area is 162 Å². The molecule has 2 bridgehead atoms. The van der Waals surface area contributed by atoms with Gasteiger partial charge < -0.3 is 9.26 Å². The fraction of sp³-hybridized carbons (Fsp3) is 0.591. The van der Waals surface area contributed by atoms with E-state index in [2.05, 4.69) is 46.1 Å². The number of ether oxygens (including phenoxy) is 1. The number of benzene rings is 1. The van der Waals surface area contributed by atoms with Gasteiger partial charge in [-0.3, -0.25) is 9.80 Å². The fourth-order valence-electron chi connectivity index (χ4n) is 4.58. The van der Waals surface area contributed by atoms with Crippen LogP contribution in [0.25, 0.3) is 0 Å². The van der Waals surface area contributed by atoms with Crippen molar-refractivity contribution in [2.24, 2.45) is 5.92 Å². The molecule has 0 saturated carbocycles. The molecule has 5 heteroatoms. The van der Waals surface area contributed by atoms with Crippen molar-refractivity contribution < 1.29 is 9.26 Å². The predicted octanol–water partition coefficient (Wildman–Crippen LogP) is 3.40. The lowest BCUT2D eigenvalue weighted by atomic mass is 9.95. The van der Waals surface area contributed by atoms with E-state index in [4.69, 9.17) is 9.26 Å². The first kappa shape index (κ1) is 18.7. The summed E-state index contributed by atoms with van der Waals surface area (Å²) < 4.78 is 11.3. The molecule has 0 aliphatic carbocycles. The Morgan fingerprint density at radius 1 is 1.11 bits per heavy atom. The van der Waals surface area contributed by atoms with Crippen LogP contribution in [0.3, 0.4) is 0 Å². The second-order valence-electron chi connectivity index (χ2n) is 8.13. The van der Waals surface area contributed by atoms with Crippen LogP contribution >= 0.6 is 0 Å². The van der Waals surface area contributed by atoms with E-state index in [0.717, 1.165) is 43.6 Å². The number of aryl methyl sites for hydroxylation is 2. The second-order valence-corrected chi connectivity index (χ2v) is 8.13. The van der Waals surface area contributed by atoms with Crippen LogP contribution in [0, 0.1) is 19.8 Å². The molecule has 146 valence electrons. The van der Waals surface area contributed by atoms with Gasteiger partial charge in [-0.05, 0) is 38.2 Å². The third-order valence-corrected chi connectivity index (χ3v) is 6.10. The number of hydrogen-bond donors (Lipinski definition) is 0. The summed E-state index contributed by atoms with van der Waals surface area (Å²) in [7, 11) is 0. The standard InChI is InChI=1S/C22H31N3O2/c1-17-22(18(2)27-23-17)15-24-12-20-8-9-21(14-24)25(13-20)10-11-26-16-19-6-4-3-5-7-19/h3-7,20-21H,8-16H2,1-2H3/t20-,21+/m1/s1. The van der Waals surface area contributed by atoms with Gasteiger partial charge in [-0.25, -0.2) is 0 Å². The minimum Gasteiger partial charge on any atom is -0.375 e. The molecule has 2 atom stereocenters. The summed E-state index contributed by atoms with van der Waals surface area (Å²) in [4.78, 5) is 5.27. The van der Waals surface area contributed by atoms with Crippen molar-refractivity contribution in [1.82, 2.24) is 15.0 Å². The molecule has 4 heterocycles. The van der Waals surface area contributed by atoms with Crippen molar-refractivity contribution in [3.05, 3.63) is 52.9 Å². The summed E-state index contributed by atoms with van der Waals surface area (Å²) in [5.41, 5.74) is 3.56. The molecule has 1 aromatic carbocycles. The molecule has 1 aromatic heterocycles. The molecule has 5 rings (SSSR count). The van der Waals surface area contributed by atoms with E-state index in [9.17, 15) is 0 Å². The Morgan fingerprint density at radius 3 is 2.74 bits per heavy atom. The van der Waals surface area contributed by atoms with Gasteiger partial charge in [0, 0.05) is 44.3 Å². The van der Waals surface area contributed by atoms with Gasteiger partial charge in [0.05, 0.1) is 18.9 Å². The molecular formula is C22H31N3O2. The predicted molar refractivity (Wildman–Crippen MR) is 105 cm³/mol. The summed E-state index contributed by atoms with van der Waals surface area (Å²) in [6, 6.07) is 11.1. The third kappa shape index (κ3) is 4.60. The maximum Gasteiger partial charge on any atom is 0.138 e. The van der Waals surface area contributed by atoms with Crippen LogP contribution in [0.4, 0.5) is 0 Å². The first-order valence-electron chi connectivity index (χ1n) is 10.2. The number of piperidine rings is 1. The van der Waals surface area contributed by atoms with Crippen LogP contribution in [-0.4, -0.2) is 53.8 Å². The topological polar surface area (TPSA) is 41.7 Å². The Hall–Kier alpha value is -1.69. The van der Waals surface area contributed by atoms with Gasteiger partial charge in [0.2, 0.25) is 0 Å². The van der Waals surface area contributed by atoms with Crippen molar-refractivity contribution in [1.29, 1.82) is 0 Å². The normalized spacial score (nSPS) is 23.6. The zero-order chi connectivity index (χ0) is 18.6. The maximum atomic E-state index is 5.94. The van der Waals surface area contributed by atoms with Gasteiger partial charge in [-0.2, -0.15) is 0 Å². The van der Waals surface area contributed by atoms with Crippen LogP contribution in [0.15, 0.2) is 34.9 Å². The van der Waals surface area contributed by atoms with Crippen LogP contribution in [0.1, 0.15) is 35.4 Å². The SMILES string of the molecule is Cc1noc(C)c1CN1C[C@H]2CC[C@@H](C1)N(CCOCc1ccccc1)C2. The van der Waals surface area contributed by atoms with Crippen LogP contribution < -0.4 is 0 Å². The fourth-order valence-corrected chi connectivity index (χ4v) is 4.58. The van der Waals surface area contributed by atoms with E-state index in [-0.39, 0.29) is 0 Å². The number of hydrogen-bond acceptors (Lipinski definition) is 5. The quantitative estimate of drug-likeness (QED) is 0.700. The lowest BCUT2D eigenvalue weighted by Crippen LogP contribution is -2.45. The molecule has 2 aromatic rings. The van der Waals surface area contributed by atoms with E-state index in [1.807, 2.05) is 13.0 Å². The lowest BCUT2D eigenvalue weighted by molar-refractivity contribution is 0.0585. The maximum absolute atomic E-state index is 5.94. The molecule has 3 aliphatic heterocycles. The largest absolute Gasteiger partial charge is 0.375 e. The summed E-state index contributed by atoms with van der Waals surface area (Å²) in [6.45, 7) is 11.1. The molecule has 3 saturated heterocycles. The van der Waals surface area contributed by atoms with Gasteiger partial charge in [-0.15, -0.1) is 0 Å². The lowest BCUT2D eigenvalue weighted by Gasteiger charge is -2.36. The molecule has 0 radical (unpaired) electrons. The highest BCUT2D eigenvalue weighted by Crippen LogP contribution is 2.29. The molecule has 0 unspecified atom stereocenters. The molecule has 0 amide bonds. The van der Waals surface area contributed by atoms with Crippen LogP contribution in [0.2, 0.25) is 0 Å². The Kier molecular flexibility index (Phi) is 5.91. The average Bonchev–Trinajstić information content (AvgIpc) is 2.86. The van der Waals surface area contributed by atoms with E-state index in [0.29, 0.717) is 12.6 Å². The van der Waals surface area contributed by atoms with Gasteiger partial charge >= 0.3 is 0 Å². The summed E-state index contributed by atoms with van der Waals surface area (Å²) in [5, 5.41) is 4.12. The monoisotopic (exact) mass is 369 g/mol. The zero-order valence-corrected chi connectivity index (χ0v) is 16.6. The summed E-state index contributed by atoms with van der Waals surface area (Å²) in [6.07, 6.45) is 2.66. The van der Waals surface area contributed by atoms with Crippen molar-refractivity contribution in [2.45, 2.75) is 45.9 Å². The van der Waals surface area contributed by atoms with Crippen molar-refractivity contribution in [3.63, 3.8) is 0 Å². The minimum absolute atomic E-state index is 0.643. The molecule has 3 fully saturated rings. The Bertz CT molecular complexity index is 711. The Morgan fingerprint density at radius 2 is 1.96 bits per heavy atom. The summed E-state index contributed by atoms with van der Waals surface area (Å²) >= 11 is 0. The molecule has 27 heavy (non-hydrogen) atoms. The number of aromatic nitrogens is 1. The van der Waals surface area contributed by atoms with E-state index in [1.165, 1.54) is 37.1 Å². The average molecular weight is 370 g/mol. The Balaban J connectivity index is 1.29. The van der Waals surface area contributed by atoms with Crippen molar-refractivity contribution >= 4 is 0 Å². The number of fused-ring (bicyclic) bond motifs is 4. The van der Waals surface area contributed by atoms with Gasteiger partial charge in [0.15, 0.2) is 0 Å². The molecule has 3 aliphatic rings. The van der Waals surface area contributed by atoms with Crippen LogP contribution in [-0.2, 0) is 17.9 Å². The smallest absolute Gasteiger partial charge is 0.138 e. The van der Waals surface area contributed by atoms with E-state index < -0.39 is 0 Å². The highest BCUT2D eigenvalue weighted by atomic mass is 16.5. The summed E-state index contributed by atoms with van der Waals surface area (Å²) in [5.74, 6) is 1.73. The third-order valence-electron chi connectivity index (χ3n) is 6.10. The minimum atomic E-state index is 0.643. The molecule has 0 N–H and O–H groups in total. The zero-order valence-electron chi connectivity index (χ0n) is 16.6. The van der Waals surface area contributed by atoms with Crippen LogP contribution in [0.5, 0.6) is 0 Å². The highest BCUT2D eigenvalue weighted by Gasteiger charge is 2.34. The first-order chi connectivity index (χ1) is 13.2. The molecule has 5 nitrogen and oxygen atoms in total. The van der Waals surface area contributed by atoms with E-state index >= 15 is 0 Å². The van der Waals surface area contributed by atoms with Gasteiger partial charge in [0.25, 0.3) is 0 Å². The van der Waals surface area contributed by atoms with E-state index in [1.54, 1.807) is 0 Å².